The van der Waals surface area contributed by atoms with Crippen molar-refractivity contribution in [3.8, 4) is 0 Å². The van der Waals surface area contributed by atoms with Gasteiger partial charge in [0.2, 0.25) is 5.91 Å². The Hall–Kier alpha value is -2.25. The average molecular weight is 390 g/mol. The first kappa shape index (κ1) is 21.1. The van der Waals surface area contributed by atoms with E-state index in [1.54, 1.807) is 24.0 Å². The Labute approximate surface area is 164 Å². The molecular formula is C20H27N3O3S. The molecule has 1 aromatic heterocycles. The van der Waals surface area contributed by atoms with Crippen LogP contribution in [0.3, 0.4) is 0 Å². The van der Waals surface area contributed by atoms with Gasteiger partial charge in [-0.2, -0.15) is 0 Å². The summed E-state index contributed by atoms with van der Waals surface area (Å²) in [5.74, 6) is -0.320. The van der Waals surface area contributed by atoms with Gasteiger partial charge in [-0.1, -0.05) is 12.1 Å². The maximum absolute atomic E-state index is 12.0. The normalized spacial score (nSPS) is 11.3. The van der Waals surface area contributed by atoms with Crippen molar-refractivity contribution in [3.63, 3.8) is 0 Å². The van der Waals surface area contributed by atoms with Crippen LogP contribution in [0.4, 0.5) is 5.13 Å². The molecule has 27 heavy (non-hydrogen) atoms. The van der Waals surface area contributed by atoms with Crippen LogP contribution in [-0.4, -0.2) is 29.0 Å². The third-order valence-electron chi connectivity index (χ3n) is 3.69. The van der Waals surface area contributed by atoms with Gasteiger partial charge in [-0.05, 0) is 45.4 Å². The highest BCUT2D eigenvalue weighted by Crippen LogP contribution is 2.20. The molecule has 0 radical (unpaired) electrons. The fourth-order valence-electron chi connectivity index (χ4n) is 2.42. The van der Waals surface area contributed by atoms with Gasteiger partial charge in [0.25, 0.3) is 0 Å². The number of ether oxygens (including phenoxy) is 1. The summed E-state index contributed by atoms with van der Waals surface area (Å²) in [6.07, 6.45) is 0. The van der Waals surface area contributed by atoms with Crippen LogP contribution >= 0.6 is 11.3 Å². The molecule has 0 fully saturated rings. The summed E-state index contributed by atoms with van der Waals surface area (Å²) in [6, 6.07) is 7.37. The van der Waals surface area contributed by atoms with Crippen molar-refractivity contribution >= 4 is 28.3 Å². The van der Waals surface area contributed by atoms with Gasteiger partial charge in [0, 0.05) is 31.9 Å². The van der Waals surface area contributed by atoms with Crippen LogP contribution in [0, 0.1) is 0 Å². The largest absolute Gasteiger partial charge is 0.456 e. The summed E-state index contributed by atoms with van der Waals surface area (Å²) in [7, 11) is 0. The summed E-state index contributed by atoms with van der Waals surface area (Å²) < 4.78 is 5.36. The van der Waals surface area contributed by atoms with Crippen molar-refractivity contribution in [1.29, 1.82) is 0 Å². The SMILES string of the molecule is CCN(C(C)=O)c1nc(CNCc2ccc(C(=O)OC(C)(C)C)cc2)cs1. The minimum Gasteiger partial charge on any atom is -0.456 e. The van der Waals surface area contributed by atoms with Crippen LogP contribution in [0.15, 0.2) is 29.6 Å². The van der Waals surface area contributed by atoms with Crippen LogP contribution in [0.5, 0.6) is 0 Å². The summed E-state index contributed by atoms with van der Waals surface area (Å²) in [5.41, 5.74) is 2.01. The quantitative estimate of drug-likeness (QED) is 0.730. The molecule has 1 aromatic carbocycles. The fourth-order valence-corrected chi connectivity index (χ4v) is 3.36. The first-order chi connectivity index (χ1) is 12.7. The van der Waals surface area contributed by atoms with Gasteiger partial charge in [-0.3, -0.25) is 9.69 Å². The number of nitrogens with zero attached hydrogens (tertiary/aromatic N) is 2. The first-order valence-electron chi connectivity index (χ1n) is 8.95. The Morgan fingerprint density at radius 3 is 2.41 bits per heavy atom. The number of nitrogens with one attached hydrogen (secondary N) is 1. The molecule has 0 bridgehead atoms. The Morgan fingerprint density at radius 2 is 1.85 bits per heavy atom. The maximum Gasteiger partial charge on any atom is 0.338 e. The monoisotopic (exact) mass is 389 g/mol. The van der Waals surface area contributed by atoms with Crippen molar-refractivity contribution in [2.45, 2.75) is 53.3 Å². The molecule has 7 heteroatoms. The number of rotatable bonds is 7. The Kier molecular flexibility index (Phi) is 7.10. The second-order valence-corrected chi connectivity index (χ2v) is 8.02. The van der Waals surface area contributed by atoms with Crippen LogP contribution in [-0.2, 0) is 22.6 Å². The van der Waals surface area contributed by atoms with Gasteiger partial charge in [0.15, 0.2) is 5.13 Å². The van der Waals surface area contributed by atoms with Crippen molar-refractivity contribution < 1.29 is 14.3 Å². The fraction of sp³-hybridized carbons (Fsp3) is 0.450. The number of amides is 1. The second kappa shape index (κ2) is 9.10. The summed E-state index contributed by atoms with van der Waals surface area (Å²) in [4.78, 5) is 29.8. The molecular weight excluding hydrogens is 362 g/mol. The molecule has 0 unspecified atom stereocenters. The highest BCUT2D eigenvalue weighted by molar-refractivity contribution is 7.14. The number of thiazole rings is 1. The second-order valence-electron chi connectivity index (χ2n) is 7.19. The van der Waals surface area contributed by atoms with Gasteiger partial charge in [-0.15, -0.1) is 11.3 Å². The predicted molar refractivity (Wildman–Crippen MR) is 108 cm³/mol. The standard InChI is InChI=1S/C20H27N3O3S/c1-6-23(14(2)24)19-22-17(13-27-19)12-21-11-15-7-9-16(10-8-15)18(25)26-20(3,4)5/h7-10,13,21H,6,11-12H2,1-5H3. The third-order valence-corrected chi connectivity index (χ3v) is 4.60. The highest BCUT2D eigenvalue weighted by atomic mass is 32.1. The lowest BCUT2D eigenvalue weighted by Crippen LogP contribution is -2.27. The van der Waals surface area contributed by atoms with Gasteiger partial charge >= 0.3 is 5.97 Å². The zero-order valence-corrected chi connectivity index (χ0v) is 17.4. The van der Waals surface area contributed by atoms with E-state index in [1.807, 2.05) is 45.2 Å². The number of benzene rings is 1. The molecule has 146 valence electrons. The van der Waals surface area contributed by atoms with E-state index in [0.717, 1.165) is 16.4 Å². The van der Waals surface area contributed by atoms with E-state index in [4.69, 9.17) is 4.74 Å². The number of esters is 1. The zero-order chi connectivity index (χ0) is 20.0. The smallest absolute Gasteiger partial charge is 0.338 e. The van der Waals surface area contributed by atoms with Gasteiger partial charge < -0.3 is 10.1 Å². The van der Waals surface area contributed by atoms with Crippen LogP contribution in [0.2, 0.25) is 0 Å². The van der Waals surface area contributed by atoms with E-state index in [2.05, 4.69) is 10.3 Å². The average Bonchev–Trinajstić information content (AvgIpc) is 3.02. The first-order valence-corrected chi connectivity index (χ1v) is 9.83. The Bertz CT molecular complexity index is 779. The van der Waals surface area contributed by atoms with Crippen molar-refractivity contribution in [2.24, 2.45) is 0 Å². The van der Waals surface area contributed by atoms with E-state index in [0.29, 0.717) is 25.2 Å². The molecule has 0 saturated carbocycles. The number of aromatic nitrogens is 1. The van der Waals surface area contributed by atoms with Crippen molar-refractivity contribution in [3.05, 3.63) is 46.5 Å². The van der Waals surface area contributed by atoms with E-state index in [1.165, 1.54) is 11.3 Å². The number of carbonyl (C=O) groups is 2. The zero-order valence-electron chi connectivity index (χ0n) is 16.5. The number of anilines is 1. The van der Waals surface area contributed by atoms with Gasteiger partial charge in [-0.25, -0.2) is 9.78 Å². The lowest BCUT2D eigenvalue weighted by atomic mass is 10.1. The lowest BCUT2D eigenvalue weighted by Gasteiger charge is -2.19. The molecule has 0 aliphatic carbocycles. The van der Waals surface area contributed by atoms with Crippen molar-refractivity contribution in [2.75, 3.05) is 11.4 Å². The molecule has 1 N–H and O–H groups in total. The third kappa shape index (κ3) is 6.45. The molecule has 6 nitrogen and oxygen atoms in total. The predicted octanol–water partition coefficient (Wildman–Crippen LogP) is 3.76. The van der Waals surface area contributed by atoms with E-state index >= 15 is 0 Å². The number of hydrogen-bond donors (Lipinski definition) is 1. The van der Waals surface area contributed by atoms with E-state index in [-0.39, 0.29) is 11.9 Å². The molecule has 0 saturated heterocycles. The Balaban J connectivity index is 1.86. The molecule has 0 atom stereocenters. The van der Waals surface area contributed by atoms with Gasteiger partial charge in [0.05, 0.1) is 11.3 Å². The van der Waals surface area contributed by atoms with Gasteiger partial charge in [0.1, 0.15) is 5.60 Å². The number of hydrogen-bond acceptors (Lipinski definition) is 6. The van der Waals surface area contributed by atoms with Crippen LogP contribution < -0.4 is 10.2 Å². The lowest BCUT2D eigenvalue weighted by molar-refractivity contribution is -0.116. The summed E-state index contributed by atoms with van der Waals surface area (Å²) in [6.45, 7) is 10.9. The summed E-state index contributed by atoms with van der Waals surface area (Å²) in [5, 5.41) is 6.01. The molecule has 1 amide bonds. The minimum atomic E-state index is -0.501. The van der Waals surface area contributed by atoms with Crippen LogP contribution in [0.1, 0.15) is 56.2 Å². The Morgan fingerprint density at radius 1 is 1.19 bits per heavy atom. The molecule has 1 heterocycles. The number of carbonyl (C=O) groups excluding carboxylic acids is 2. The highest BCUT2D eigenvalue weighted by Gasteiger charge is 2.17. The van der Waals surface area contributed by atoms with E-state index < -0.39 is 5.60 Å². The topological polar surface area (TPSA) is 71.5 Å². The molecule has 2 aromatic rings. The molecule has 0 spiro atoms. The maximum atomic E-state index is 12.0. The van der Waals surface area contributed by atoms with E-state index in [9.17, 15) is 9.59 Å². The molecule has 0 aliphatic rings. The minimum absolute atomic E-state index is 0.00330. The van der Waals surface area contributed by atoms with Crippen LogP contribution in [0.25, 0.3) is 0 Å². The molecule has 0 aliphatic heterocycles. The molecule has 2 rings (SSSR count). The van der Waals surface area contributed by atoms with Crippen molar-refractivity contribution in [1.82, 2.24) is 10.3 Å². The summed E-state index contributed by atoms with van der Waals surface area (Å²) >= 11 is 1.47.